The molecule has 0 aliphatic rings. The Kier molecular flexibility index (Phi) is 2.91. The number of rotatable bonds is 3. The van der Waals surface area contributed by atoms with Crippen LogP contribution in [-0.4, -0.2) is 20.3 Å². The predicted molar refractivity (Wildman–Crippen MR) is 50.1 cm³/mol. The minimum absolute atomic E-state index is 0.332. The molecule has 0 unspecified atom stereocenters. The number of hydrogen-bond donors (Lipinski definition) is 1. The minimum atomic E-state index is -0.332. The van der Waals surface area contributed by atoms with E-state index in [9.17, 15) is 4.39 Å². The van der Waals surface area contributed by atoms with Crippen LogP contribution in [0.5, 0.6) is 0 Å². The van der Waals surface area contributed by atoms with E-state index in [1.807, 2.05) is 36.2 Å². The summed E-state index contributed by atoms with van der Waals surface area (Å²) in [5, 5.41) is 0. The van der Waals surface area contributed by atoms with Gasteiger partial charge in [0.25, 0.3) is 0 Å². The lowest BCUT2D eigenvalue weighted by molar-refractivity contribution is 0.497. The third kappa shape index (κ3) is 2.12. The third-order valence-corrected chi connectivity index (χ3v) is 1.75. The first-order valence-corrected chi connectivity index (χ1v) is 3.86. The summed E-state index contributed by atoms with van der Waals surface area (Å²) >= 11 is 0. The number of nitrogens with two attached hydrogens (primary N) is 1. The molecule has 66 valence electrons. The smallest absolute Gasteiger partial charge is 0.107 e. The Morgan fingerprint density at radius 3 is 2.42 bits per heavy atom. The first-order valence-electron chi connectivity index (χ1n) is 3.86. The molecule has 0 amide bonds. The molecule has 0 radical (unpaired) electrons. The molecule has 1 aromatic rings. The van der Waals surface area contributed by atoms with Crippen molar-refractivity contribution in [3.8, 4) is 0 Å². The number of nitrogen functional groups attached to an aromatic ring is 1. The Labute approximate surface area is 71.8 Å². The molecule has 0 bridgehead atoms. The molecule has 0 heterocycles. The summed E-state index contributed by atoms with van der Waals surface area (Å²) in [6, 6.07) is 7.38. The van der Waals surface area contributed by atoms with Gasteiger partial charge in [-0.2, -0.15) is 0 Å². The molecule has 0 saturated heterocycles. The lowest BCUT2D eigenvalue weighted by atomic mass is 10.2. The van der Waals surface area contributed by atoms with Gasteiger partial charge in [-0.1, -0.05) is 0 Å². The van der Waals surface area contributed by atoms with Gasteiger partial charge in [0, 0.05) is 25.0 Å². The van der Waals surface area contributed by atoms with Gasteiger partial charge in [0.1, 0.15) is 6.67 Å². The van der Waals surface area contributed by atoms with Crippen molar-refractivity contribution in [1.29, 1.82) is 0 Å². The number of hydrogen-bond acceptors (Lipinski definition) is 2. The fraction of sp³-hybridized carbons (Fsp3) is 0.333. The van der Waals surface area contributed by atoms with Crippen molar-refractivity contribution in [2.75, 3.05) is 30.9 Å². The second-order valence-electron chi connectivity index (χ2n) is 2.70. The Hall–Kier alpha value is -1.25. The van der Waals surface area contributed by atoms with Gasteiger partial charge in [0.05, 0.1) is 0 Å². The second-order valence-corrected chi connectivity index (χ2v) is 2.70. The summed E-state index contributed by atoms with van der Waals surface area (Å²) in [6.07, 6.45) is 0. The van der Waals surface area contributed by atoms with Crippen molar-refractivity contribution in [2.24, 2.45) is 0 Å². The van der Waals surface area contributed by atoms with Gasteiger partial charge in [-0.05, 0) is 24.3 Å². The first kappa shape index (κ1) is 8.84. The molecule has 0 aliphatic carbocycles. The predicted octanol–water partition coefficient (Wildman–Crippen LogP) is 1.67. The van der Waals surface area contributed by atoms with Crippen molar-refractivity contribution in [2.45, 2.75) is 0 Å². The summed E-state index contributed by atoms with van der Waals surface area (Å²) in [5.74, 6) is 0. The zero-order chi connectivity index (χ0) is 8.97. The van der Waals surface area contributed by atoms with Crippen LogP contribution in [0, 0.1) is 0 Å². The highest BCUT2D eigenvalue weighted by molar-refractivity contribution is 5.52. The molecule has 0 fully saturated rings. The zero-order valence-corrected chi connectivity index (χ0v) is 7.13. The molecule has 1 aromatic carbocycles. The summed E-state index contributed by atoms with van der Waals surface area (Å²) in [7, 11) is 1.85. The fourth-order valence-corrected chi connectivity index (χ4v) is 0.985. The van der Waals surface area contributed by atoms with Crippen LogP contribution in [0.3, 0.4) is 0 Å². The zero-order valence-electron chi connectivity index (χ0n) is 7.13. The van der Waals surface area contributed by atoms with Crippen molar-refractivity contribution in [1.82, 2.24) is 0 Å². The summed E-state index contributed by atoms with van der Waals surface area (Å²) in [4.78, 5) is 1.85. The molecule has 3 heteroatoms. The van der Waals surface area contributed by atoms with E-state index in [2.05, 4.69) is 0 Å². The molecule has 0 aliphatic heterocycles. The quantitative estimate of drug-likeness (QED) is 0.696. The van der Waals surface area contributed by atoms with Crippen LogP contribution in [0.15, 0.2) is 24.3 Å². The minimum Gasteiger partial charge on any atom is -0.399 e. The van der Waals surface area contributed by atoms with Gasteiger partial charge >= 0.3 is 0 Å². The molecule has 0 aromatic heterocycles. The van der Waals surface area contributed by atoms with Gasteiger partial charge in [0.2, 0.25) is 0 Å². The normalized spacial score (nSPS) is 9.83. The van der Waals surface area contributed by atoms with Crippen molar-refractivity contribution < 1.29 is 4.39 Å². The highest BCUT2D eigenvalue weighted by atomic mass is 19.1. The number of nitrogens with zero attached hydrogens (tertiary/aromatic N) is 1. The molecule has 1 rings (SSSR count). The Balaban J connectivity index is 2.68. The summed E-state index contributed by atoms with van der Waals surface area (Å²) in [6.45, 7) is 0.0881. The van der Waals surface area contributed by atoms with E-state index >= 15 is 0 Å². The maximum Gasteiger partial charge on any atom is 0.107 e. The largest absolute Gasteiger partial charge is 0.399 e. The lowest BCUT2D eigenvalue weighted by Gasteiger charge is -2.16. The topological polar surface area (TPSA) is 29.3 Å². The molecule has 12 heavy (non-hydrogen) atoms. The SMILES string of the molecule is CN(CCF)c1ccc(N)cc1. The van der Waals surface area contributed by atoms with Gasteiger partial charge in [-0.15, -0.1) is 0 Å². The van der Waals surface area contributed by atoms with E-state index in [4.69, 9.17) is 5.73 Å². The molecule has 0 atom stereocenters. The highest BCUT2D eigenvalue weighted by Gasteiger charge is 1.98. The third-order valence-electron chi connectivity index (χ3n) is 1.75. The average molecular weight is 168 g/mol. The van der Waals surface area contributed by atoms with Crippen LogP contribution in [0.4, 0.5) is 15.8 Å². The van der Waals surface area contributed by atoms with Gasteiger partial charge in [-0.3, -0.25) is 0 Å². The van der Waals surface area contributed by atoms with Crippen molar-refractivity contribution in [3.05, 3.63) is 24.3 Å². The Bertz CT molecular complexity index is 233. The Morgan fingerprint density at radius 2 is 1.92 bits per heavy atom. The number of halogens is 1. The maximum atomic E-state index is 11.9. The van der Waals surface area contributed by atoms with E-state index in [0.29, 0.717) is 6.54 Å². The van der Waals surface area contributed by atoms with Gasteiger partial charge < -0.3 is 10.6 Å². The van der Waals surface area contributed by atoms with Crippen LogP contribution in [0.25, 0.3) is 0 Å². The van der Waals surface area contributed by atoms with E-state index in [-0.39, 0.29) is 6.67 Å². The van der Waals surface area contributed by atoms with Crippen LogP contribution in [0.2, 0.25) is 0 Å². The summed E-state index contributed by atoms with van der Waals surface area (Å²) < 4.78 is 11.9. The monoisotopic (exact) mass is 168 g/mol. The van der Waals surface area contributed by atoms with Crippen molar-refractivity contribution >= 4 is 11.4 Å². The molecule has 2 nitrogen and oxygen atoms in total. The van der Waals surface area contributed by atoms with Crippen molar-refractivity contribution in [3.63, 3.8) is 0 Å². The second kappa shape index (κ2) is 3.95. The van der Waals surface area contributed by atoms with E-state index in [0.717, 1.165) is 11.4 Å². The van der Waals surface area contributed by atoms with Crippen LogP contribution >= 0.6 is 0 Å². The molecule has 2 N–H and O–H groups in total. The number of anilines is 2. The van der Waals surface area contributed by atoms with Crippen LogP contribution in [-0.2, 0) is 0 Å². The standard InChI is InChI=1S/C9H13FN2/c1-12(7-6-10)9-4-2-8(11)3-5-9/h2-5H,6-7,11H2,1H3. The molecular weight excluding hydrogens is 155 g/mol. The van der Waals surface area contributed by atoms with Crippen LogP contribution in [0.1, 0.15) is 0 Å². The molecule has 0 spiro atoms. The average Bonchev–Trinajstić information content (AvgIpc) is 2.06. The maximum absolute atomic E-state index is 11.9. The van der Waals surface area contributed by atoms with E-state index in [1.165, 1.54) is 0 Å². The number of alkyl halides is 1. The van der Waals surface area contributed by atoms with Gasteiger partial charge in [-0.25, -0.2) is 4.39 Å². The first-order chi connectivity index (χ1) is 5.74. The fourth-order valence-electron chi connectivity index (χ4n) is 0.985. The molecular formula is C9H13FN2. The lowest BCUT2D eigenvalue weighted by Crippen LogP contribution is -2.19. The number of benzene rings is 1. The van der Waals surface area contributed by atoms with Gasteiger partial charge in [0.15, 0.2) is 0 Å². The van der Waals surface area contributed by atoms with E-state index in [1.54, 1.807) is 0 Å². The summed E-state index contributed by atoms with van der Waals surface area (Å²) in [5.41, 5.74) is 7.23. The van der Waals surface area contributed by atoms with Crippen LogP contribution < -0.4 is 10.6 Å². The Morgan fingerprint density at radius 1 is 1.33 bits per heavy atom. The molecule has 0 saturated carbocycles. The van der Waals surface area contributed by atoms with E-state index < -0.39 is 0 Å². The highest BCUT2D eigenvalue weighted by Crippen LogP contribution is 2.13.